The predicted octanol–water partition coefficient (Wildman–Crippen LogP) is 3.41. The van der Waals surface area contributed by atoms with E-state index in [1.54, 1.807) is 24.3 Å². The van der Waals surface area contributed by atoms with E-state index in [0.29, 0.717) is 40.8 Å². The van der Waals surface area contributed by atoms with Crippen molar-refractivity contribution < 1.29 is 22.7 Å². The number of halogens is 1. The largest absolute Gasteiger partial charge is 0.454 e. The number of hydrogen-bond donors (Lipinski definition) is 0. The van der Waals surface area contributed by atoms with Crippen molar-refractivity contribution in [1.82, 2.24) is 4.31 Å². The van der Waals surface area contributed by atoms with Gasteiger partial charge in [0.1, 0.15) is 4.21 Å². The molecule has 1 atom stereocenters. The van der Waals surface area contributed by atoms with Crippen LogP contribution in [0.1, 0.15) is 23.2 Å². The molecule has 0 saturated carbocycles. The molecule has 1 aromatic carbocycles. The Morgan fingerprint density at radius 3 is 2.77 bits per heavy atom. The van der Waals surface area contributed by atoms with Gasteiger partial charge < -0.3 is 9.47 Å². The molecule has 26 heavy (non-hydrogen) atoms. The van der Waals surface area contributed by atoms with Crippen LogP contribution >= 0.6 is 22.9 Å². The normalized spacial score (nSPS) is 20.3. The molecule has 1 fully saturated rings. The number of rotatable bonds is 4. The lowest BCUT2D eigenvalue weighted by Crippen LogP contribution is -2.42. The van der Waals surface area contributed by atoms with E-state index in [-0.39, 0.29) is 29.2 Å². The first-order valence-electron chi connectivity index (χ1n) is 8.14. The van der Waals surface area contributed by atoms with Gasteiger partial charge in [-0.3, -0.25) is 4.79 Å². The van der Waals surface area contributed by atoms with Crippen molar-refractivity contribution in [3.63, 3.8) is 0 Å². The van der Waals surface area contributed by atoms with Crippen molar-refractivity contribution in [3.8, 4) is 11.5 Å². The van der Waals surface area contributed by atoms with Crippen LogP contribution in [0, 0.1) is 5.92 Å². The number of nitrogens with zero attached hydrogens (tertiary/aromatic N) is 1. The van der Waals surface area contributed by atoms with E-state index < -0.39 is 10.0 Å². The third-order valence-corrected chi connectivity index (χ3v) is 8.12. The Bertz CT molecular complexity index is 956. The van der Waals surface area contributed by atoms with Crippen molar-refractivity contribution in [2.75, 3.05) is 19.9 Å². The number of ketones is 1. The molecule has 4 rings (SSSR count). The van der Waals surface area contributed by atoms with E-state index in [0.717, 1.165) is 11.3 Å². The molecule has 0 amide bonds. The molecule has 3 heterocycles. The van der Waals surface area contributed by atoms with E-state index in [1.165, 1.54) is 10.4 Å². The fourth-order valence-electron chi connectivity index (χ4n) is 3.22. The van der Waals surface area contributed by atoms with Gasteiger partial charge in [-0.1, -0.05) is 11.6 Å². The first kappa shape index (κ1) is 17.8. The van der Waals surface area contributed by atoms with Crippen LogP contribution in [-0.4, -0.2) is 38.4 Å². The average Bonchev–Trinajstić information content (AvgIpc) is 3.29. The molecule has 138 valence electrons. The van der Waals surface area contributed by atoms with Crippen LogP contribution in [0.25, 0.3) is 0 Å². The highest BCUT2D eigenvalue weighted by Gasteiger charge is 2.34. The average molecular weight is 414 g/mol. The van der Waals surface area contributed by atoms with E-state index in [4.69, 9.17) is 21.1 Å². The molecule has 6 nitrogen and oxygen atoms in total. The number of thiophene rings is 1. The summed E-state index contributed by atoms with van der Waals surface area (Å²) in [7, 11) is -3.63. The van der Waals surface area contributed by atoms with Crippen LogP contribution in [0.15, 0.2) is 34.5 Å². The summed E-state index contributed by atoms with van der Waals surface area (Å²) >= 11 is 6.90. The lowest BCUT2D eigenvalue weighted by molar-refractivity contribution is 0.0872. The van der Waals surface area contributed by atoms with Gasteiger partial charge in [0.05, 0.1) is 4.34 Å². The number of Topliss-reactive ketones (excluding diaryl/α,β-unsaturated/α-hetero) is 1. The topological polar surface area (TPSA) is 72.9 Å². The lowest BCUT2D eigenvalue weighted by atomic mass is 9.91. The summed E-state index contributed by atoms with van der Waals surface area (Å²) in [6.45, 7) is 0.722. The fraction of sp³-hybridized carbons (Fsp3) is 0.353. The van der Waals surface area contributed by atoms with Gasteiger partial charge >= 0.3 is 0 Å². The number of benzene rings is 1. The van der Waals surface area contributed by atoms with Gasteiger partial charge in [-0.25, -0.2) is 8.42 Å². The zero-order valence-electron chi connectivity index (χ0n) is 13.7. The summed E-state index contributed by atoms with van der Waals surface area (Å²) < 4.78 is 38.2. The van der Waals surface area contributed by atoms with Crippen LogP contribution in [0.5, 0.6) is 11.5 Å². The highest BCUT2D eigenvalue weighted by molar-refractivity contribution is 7.91. The van der Waals surface area contributed by atoms with Crippen molar-refractivity contribution in [2.24, 2.45) is 5.92 Å². The number of carbonyl (C=O) groups is 1. The summed E-state index contributed by atoms with van der Waals surface area (Å²) in [5.41, 5.74) is 0.512. The Labute approximate surface area is 160 Å². The van der Waals surface area contributed by atoms with Gasteiger partial charge in [0, 0.05) is 24.6 Å². The van der Waals surface area contributed by atoms with Gasteiger partial charge in [-0.15, -0.1) is 11.3 Å². The first-order chi connectivity index (χ1) is 12.4. The molecule has 1 saturated heterocycles. The quantitative estimate of drug-likeness (QED) is 0.718. The molecule has 0 aliphatic carbocycles. The standard InChI is InChI=1S/C17H16ClNO5S2/c18-15-5-6-16(25-15)26(21,22)19-7-1-2-12(9-19)17(20)11-3-4-13-14(8-11)24-10-23-13/h3-6,8,12H,1-2,7,9-10H2. The van der Waals surface area contributed by atoms with Crippen LogP contribution in [0.3, 0.4) is 0 Å². The van der Waals surface area contributed by atoms with Crippen molar-refractivity contribution >= 4 is 38.7 Å². The lowest BCUT2D eigenvalue weighted by Gasteiger charge is -2.30. The summed E-state index contributed by atoms with van der Waals surface area (Å²) in [5.74, 6) is 0.704. The minimum absolute atomic E-state index is 0.0765. The molecule has 0 bridgehead atoms. The molecule has 0 radical (unpaired) electrons. The summed E-state index contributed by atoms with van der Waals surface area (Å²) in [5, 5.41) is 0. The molecular weight excluding hydrogens is 398 g/mol. The maximum atomic E-state index is 12.9. The first-order valence-corrected chi connectivity index (χ1v) is 10.8. The van der Waals surface area contributed by atoms with E-state index >= 15 is 0 Å². The summed E-state index contributed by atoms with van der Waals surface area (Å²) in [6.07, 6.45) is 1.30. The van der Waals surface area contributed by atoms with Crippen LogP contribution in [-0.2, 0) is 10.0 Å². The van der Waals surface area contributed by atoms with Crippen LogP contribution in [0.4, 0.5) is 0 Å². The molecule has 0 N–H and O–H groups in total. The van der Waals surface area contributed by atoms with Gasteiger partial charge in [0.15, 0.2) is 17.3 Å². The summed E-state index contributed by atoms with van der Waals surface area (Å²) in [4.78, 5) is 12.9. The Morgan fingerprint density at radius 1 is 1.19 bits per heavy atom. The second-order valence-corrected chi connectivity index (χ2v) is 10.1. The fourth-order valence-corrected chi connectivity index (χ4v) is 6.38. The Balaban J connectivity index is 1.54. The van der Waals surface area contributed by atoms with Crippen LogP contribution in [0.2, 0.25) is 4.34 Å². The molecule has 9 heteroatoms. The van der Waals surface area contributed by atoms with E-state index in [9.17, 15) is 13.2 Å². The second kappa shape index (κ2) is 6.84. The number of carbonyl (C=O) groups excluding carboxylic acids is 1. The Morgan fingerprint density at radius 2 is 2.00 bits per heavy atom. The number of fused-ring (bicyclic) bond motifs is 1. The predicted molar refractivity (Wildman–Crippen MR) is 97.7 cm³/mol. The van der Waals surface area contributed by atoms with Crippen molar-refractivity contribution in [1.29, 1.82) is 0 Å². The third kappa shape index (κ3) is 3.22. The monoisotopic (exact) mass is 413 g/mol. The Hall–Kier alpha value is -1.61. The zero-order chi connectivity index (χ0) is 18.3. The molecule has 1 aromatic heterocycles. The number of sulfonamides is 1. The van der Waals surface area contributed by atoms with Crippen molar-refractivity contribution in [2.45, 2.75) is 17.1 Å². The van der Waals surface area contributed by atoms with E-state index in [1.807, 2.05) is 0 Å². The molecule has 2 aromatic rings. The van der Waals surface area contributed by atoms with Gasteiger partial charge in [-0.05, 0) is 43.2 Å². The SMILES string of the molecule is O=C(c1ccc2c(c1)OCO2)C1CCCN(S(=O)(=O)c2ccc(Cl)s2)C1. The highest BCUT2D eigenvalue weighted by Crippen LogP contribution is 2.35. The maximum absolute atomic E-state index is 12.9. The molecule has 2 aliphatic rings. The third-order valence-electron chi connectivity index (χ3n) is 4.55. The Kier molecular flexibility index (Phi) is 4.68. The van der Waals surface area contributed by atoms with E-state index in [2.05, 4.69) is 0 Å². The molecule has 2 aliphatic heterocycles. The van der Waals surface area contributed by atoms with Gasteiger partial charge in [-0.2, -0.15) is 4.31 Å². The molecular formula is C17H16ClNO5S2. The number of piperidine rings is 1. The smallest absolute Gasteiger partial charge is 0.252 e. The van der Waals surface area contributed by atoms with Crippen LogP contribution < -0.4 is 9.47 Å². The second-order valence-electron chi connectivity index (χ2n) is 6.19. The zero-order valence-corrected chi connectivity index (χ0v) is 16.1. The van der Waals surface area contributed by atoms with Gasteiger partial charge in [0.2, 0.25) is 6.79 Å². The minimum atomic E-state index is -3.63. The molecule has 0 spiro atoms. The van der Waals surface area contributed by atoms with Crippen molar-refractivity contribution in [3.05, 3.63) is 40.2 Å². The van der Waals surface area contributed by atoms with Gasteiger partial charge in [0.25, 0.3) is 10.0 Å². The number of hydrogen-bond acceptors (Lipinski definition) is 6. The minimum Gasteiger partial charge on any atom is -0.454 e. The highest BCUT2D eigenvalue weighted by atomic mass is 35.5. The number of ether oxygens (including phenoxy) is 2. The summed E-state index contributed by atoms with van der Waals surface area (Å²) in [6, 6.07) is 8.14. The molecule has 1 unspecified atom stereocenters. The maximum Gasteiger partial charge on any atom is 0.252 e.